The Bertz CT molecular complexity index is 1250. The lowest BCUT2D eigenvalue weighted by molar-refractivity contribution is -0.139. The van der Waals surface area contributed by atoms with Gasteiger partial charge in [0.1, 0.15) is 17.6 Å². The van der Waals surface area contributed by atoms with Crippen LogP contribution in [0, 0.1) is 5.92 Å². The third-order valence-corrected chi connectivity index (χ3v) is 7.17. The molecule has 1 heterocycles. The molecular formula is C28H27Cl2N3O4. The monoisotopic (exact) mass is 539 g/mol. The van der Waals surface area contributed by atoms with Crippen LogP contribution in [0.15, 0.2) is 66.9 Å². The first-order chi connectivity index (χ1) is 17.8. The number of rotatable bonds is 10. The average molecular weight is 540 g/mol. The molecule has 0 spiro atoms. The molecule has 7 nitrogen and oxygen atoms in total. The number of nitrogens with one attached hydrogen (secondary N) is 2. The number of ketones is 1. The topological polar surface area (TPSA) is 108 Å². The molecule has 4 rings (SSSR count). The lowest BCUT2D eigenvalue weighted by Crippen LogP contribution is -2.42. The molecule has 0 bridgehead atoms. The molecule has 9 heteroatoms. The Balaban J connectivity index is 1.31. The second-order valence-electron chi connectivity index (χ2n) is 9.19. The molecule has 37 heavy (non-hydrogen) atoms. The first kappa shape index (κ1) is 26.6. The summed E-state index contributed by atoms with van der Waals surface area (Å²) in [5, 5.41) is 15.8. The van der Waals surface area contributed by atoms with Crippen LogP contribution in [0.5, 0.6) is 0 Å². The van der Waals surface area contributed by atoms with Gasteiger partial charge in [-0.3, -0.25) is 9.59 Å². The van der Waals surface area contributed by atoms with Gasteiger partial charge in [0.05, 0.1) is 15.6 Å². The highest BCUT2D eigenvalue weighted by molar-refractivity contribution is 6.39. The molecule has 0 radical (unpaired) electrons. The smallest absolute Gasteiger partial charge is 0.326 e. The Labute approximate surface area is 225 Å². The number of pyridine rings is 1. The third-order valence-electron chi connectivity index (χ3n) is 6.54. The zero-order valence-corrected chi connectivity index (χ0v) is 21.5. The standard InChI is InChI=1S/C28H27Cl2N3O4/c29-21-4-3-5-22(30)26(21)27(35)33-23(28(36)37)14-17-7-9-18(10-8-17)15-24(34)19-11-12-20(16-19)32-25-6-1-2-13-31-25/h1-10,13,19-20,23H,11-12,14-16H2,(H,31,32)(H,33,35)(H,36,37)/t19-,20-,23+/m1/s1. The molecule has 1 aliphatic rings. The summed E-state index contributed by atoms with van der Waals surface area (Å²) in [4.78, 5) is 41.6. The maximum absolute atomic E-state index is 12.9. The number of aliphatic carboxylic acids is 1. The zero-order valence-electron chi connectivity index (χ0n) is 20.0. The van der Waals surface area contributed by atoms with Crippen molar-refractivity contribution in [3.05, 3.63) is 93.6 Å². The van der Waals surface area contributed by atoms with Crippen LogP contribution in [0.4, 0.5) is 5.82 Å². The van der Waals surface area contributed by atoms with Gasteiger partial charge in [-0.15, -0.1) is 0 Å². The van der Waals surface area contributed by atoms with Gasteiger partial charge in [-0.05, 0) is 54.7 Å². The number of benzene rings is 2. The van der Waals surface area contributed by atoms with Gasteiger partial charge < -0.3 is 15.7 Å². The van der Waals surface area contributed by atoms with Crippen molar-refractivity contribution < 1.29 is 19.5 Å². The summed E-state index contributed by atoms with van der Waals surface area (Å²) in [5.41, 5.74) is 1.62. The molecule has 0 unspecified atom stereocenters. The molecule has 1 fully saturated rings. The largest absolute Gasteiger partial charge is 0.480 e. The Kier molecular flexibility index (Phi) is 8.79. The van der Waals surface area contributed by atoms with E-state index >= 15 is 0 Å². The van der Waals surface area contributed by atoms with Crippen LogP contribution in [0.25, 0.3) is 0 Å². The van der Waals surface area contributed by atoms with Crippen molar-refractivity contribution in [2.75, 3.05) is 5.32 Å². The molecule has 0 aliphatic heterocycles. The maximum Gasteiger partial charge on any atom is 0.326 e. The van der Waals surface area contributed by atoms with E-state index in [0.717, 1.165) is 36.2 Å². The molecule has 1 aliphatic carbocycles. The summed E-state index contributed by atoms with van der Waals surface area (Å²) in [6.45, 7) is 0. The first-order valence-electron chi connectivity index (χ1n) is 12.1. The fourth-order valence-electron chi connectivity index (χ4n) is 4.58. The van der Waals surface area contributed by atoms with Gasteiger partial charge in [0.25, 0.3) is 5.91 Å². The molecular weight excluding hydrogens is 513 g/mol. The van der Waals surface area contributed by atoms with Crippen molar-refractivity contribution in [1.29, 1.82) is 0 Å². The SMILES string of the molecule is O=C(N[C@@H](Cc1ccc(CC(=O)[C@@H]2CC[C@@H](Nc3ccccn3)C2)cc1)C(=O)O)c1c(Cl)cccc1Cl. The number of Topliss-reactive ketones (excluding diaryl/α,β-unsaturated/α-hetero) is 1. The van der Waals surface area contributed by atoms with Crippen LogP contribution < -0.4 is 10.6 Å². The molecule has 0 saturated heterocycles. The minimum atomic E-state index is -1.18. The van der Waals surface area contributed by atoms with Gasteiger partial charge in [-0.2, -0.15) is 0 Å². The molecule has 1 aromatic heterocycles. The summed E-state index contributed by atoms with van der Waals surface area (Å²) in [7, 11) is 0. The van der Waals surface area contributed by atoms with E-state index in [1.807, 2.05) is 30.3 Å². The fourth-order valence-corrected chi connectivity index (χ4v) is 5.15. The van der Waals surface area contributed by atoms with Crippen LogP contribution in [0.1, 0.15) is 40.7 Å². The van der Waals surface area contributed by atoms with Gasteiger partial charge in [0, 0.05) is 31.0 Å². The lowest BCUT2D eigenvalue weighted by atomic mass is 9.95. The number of carboxylic acids is 1. The van der Waals surface area contributed by atoms with E-state index < -0.39 is 17.9 Å². The number of amides is 1. The van der Waals surface area contributed by atoms with Crippen molar-refractivity contribution in [3.8, 4) is 0 Å². The number of carbonyl (C=O) groups is 3. The van der Waals surface area contributed by atoms with E-state index in [0.29, 0.717) is 6.42 Å². The highest BCUT2D eigenvalue weighted by atomic mass is 35.5. The predicted octanol–water partition coefficient (Wildman–Crippen LogP) is 5.21. The molecule has 3 N–H and O–H groups in total. The number of carbonyl (C=O) groups excluding carboxylic acids is 2. The fraction of sp³-hybridized carbons (Fsp3) is 0.286. The van der Waals surface area contributed by atoms with E-state index in [9.17, 15) is 19.5 Å². The summed E-state index contributed by atoms with van der Waals surface area (Å²) < 4.78 is 0. The van der Waals surface area contributed by atoms with Crippen LogP contribution in [0.2, 0.25) is 10.0 Å². The molecule has 2 aromatic carbocycles. The Morgan fingerprint density at radius 3 is 2.30 bits per heavy atom. The summed E-state index contributed by atoms with van der Waals surface area (Å²) in [6, 6.07) is 16.6. The van der Waals surface area contributed by atoms with Gasteiger partial charge in [-0.25, -0.2) is 9.78 Å². The summed E-state index contributed by atoms with van der Waals surface area (Å²) in [6.07, 6.45) is 4.68. The second kappa shape index (κ2) is 12.2. The Hall–Kier alpha value is -3.42. The Morgan fingerprint density at radius 1 is 0.946 bits per heavy atom. The van der Waals surface area contributed by atoms with Crippen LogP contribution in [-0.4, -0.2) is 39.8 Å². The van der Waals surface area contributed by atoms with Crippen LogP contribution in [-0.2, 0) is 22.4 Å². The minimum Gasteiger partial charge on any atom is -0.480 e. The molecule has 192 valence electrons. The number of carboxylic acid groups (broad SMARTS) is 1. The predicted molar refractivity (Wildman–Crippen MR) is 143 cm³/mol. The van der Waals surface area contributed by atoms with Crippen LogP contribution in [0.3, 0.4) is 0 Å². The lowest BCUT2D eigenvalue weighted by Gasteiger charge is -2.16. The number of anilines is 1. The van der Waals surface area contributed by atoms with E-state index in [1.165, 1.54) is 12.1 Å². The number of hydrogen-bond donors (Lipinski definition) is 3. The number of halogens is 2. The van der Waals surface area contributed by atoms with Gasteiger partial charge >= 0.3 is 5.97 Å². The van der Waals surface area contributed by atoms with Gasteiger partial charge in [-0.1, -0.05) is 59.6 Å². The van der Waals surface area contributed by atoms with Crippen molar-refractivity contribution in [1.82, 2.24) is 10.3 Å². The van der Waals surface area contributed by atoms with Gasteiger partial charge in [0.15, 0.2) is 0 Å². The van der Waals surface area contributed by atoms with Crippen molar-refractivity contribution in [2.45, 2.75) is 44.2 Å². The number of aromatic nitrogens is 1. The van der Waals surface area contributed by atoms with Crippen molar-refractivity contribution in [3.63, 3.8) is 0 Å². The maximum atomic E-state index is 12.9. The summed E-state index contributed by atoms with van der Waals surface area (Å²) in [5.74, 6) is -0.806. The van der Waals surface area contributed by atoms with E-state index in [4.69, 9.17) is 23.2 Å². The van der Waals surface area contributed by atoms with E-state index in [2.05, 4.69) is 15.6 Å². The molecule has 1 saturated carbocycles. The van der Waals surface area contributed by atoms with Crippen molar-refractivity contribution >= 4 is 46.7 Å². The first-order valence-corrected chi connectivity index (χ1v) is 12.8. The second-order valence-corrected chi connectivity index (χ2v) is 10.0. The van der Waals surface area contributed by atoms with Crippen molar-refractivity contribution in [2.24, 2.45) is 5.92 Å². The highest BCUT2D eigenvalue weighted by Gasteiger charge is 2.30. The Morgan fingerprint density at radius 2 is 1.65 bits per heavy atom. The molecule has 3 atom stereocenters. The molecule has 3 aromatic rings. The molecule has 1 amide bonds. The van der Waals surface area contributed by atoms with Crippen LogP contribution >= 0.6 is 23.2 Å². The van der Waals surface area contributed by atoms with E-state index in [-0.39, 0.29) is 39.8 Å². The normalized spacial score (nSPS) is 17.7. The minimum absolute atomic E-state index is 0.00382. The highest BCUT2D eigenvalue weighted by Crippen LogP contribution is 2.29. The third kappa shape index (κ3) is 7.08. The quantitative estimate of drug-likeness (QED) is 0.326. The summed E-state index contributed by atoms with van der Waals surface area (Å²) >= 11 is 12.1. The number of hydrogen-bond acceptors (Lipinski definition) is 5. The number of nitrogens with zero attached hydrogens (tertiary/aromatic N) is 1. The van der Waals surface area contributed by atoms with Gasteiger partial charge in [0.2, 0.25) is 0 Å². The zero-order chi connectivity index (χ0) is 26.4. The average Bonchev–Trinajstić information content (AvgIpc) is 3.34. The van der Waals surface area contributed by atoms with E-state index in [1.54, 1.807) is 24.4 Å².